The van der Waals surface area contributed by atoms with Gasteiger partial charge in [0.15, 0.2) is 11.9 Å². The highest BCUT2D eigenvalue weighted by Gasteiger charge is 2.16. The minimum Gasteiger partial charge on any atom is -0.462 e. The van der Waals surface area contributed by atoms with Gasteiger partial charge in [-0.15, -0.1) is 0 Å². The smallest absolute Gasteiger partial charge is 0.306 e. The van der Waals surface area contributed by atoms with E-state index >= 15 is 0 Å². The molecule has 0 aromatic carbocycles. The first kappa shape index (κ1) is 46.5. The second kappa shape index (κ2) is 36.8. The van der Waals surface area contributed by atoms with Gasteiger partial charge in [-0.2, -0.15) is 0 Å². The topological polar surface area (TPSA) is 89.9 Å². The zero-order valence-corrected chi connectivity index (χ0v) is 31.9. The summed E-state index contributed by atoms with van der Waals surface area (Å²) in [5.41, 5.74) is 0. The quantitative estimate of drug-likeness (QED) is 0.0235. The molecule has 1 atom stereocenters. The molecule has 0 heterocycles. The van der Waals surface area contributed by atoms with E-state index in [1.54, 1.807) is 6.08 Å². The highest BCUT2D eigenvalue weighted by atomic mass is 16.6. The number of allylic oxidation sites excluding steroid dienone is 8. The van der Waals surface area contributed by atoms with Crippen molar-refractivity contribution in [3.63, 3.8) is 0 Å². The van der Waals surface area contributed by atoms with Crippen LogP contribution in [0.2, 0.25) is 0 Å². The lowest BCUT2D eigenvalue weighted by molar-refractivity contribution is -0.161. The molecule has 0 saturated carbocycles. The molecule has 0 rings (SSSR count). The molecule has 0 aliphatic rings. The number of aliphatic hydroxyl groups is 1. The minimum absolute atomic E-state index is 0.103. The monoisotopic (exact) mass is 687 g/mol. The number of hydrogen-bond donors (Lipinski definition) is 1. The van der Waals surface area contributed by atoms with Crippen molar-refractivity contribution in [1.29, 1.82) is 0 Å². The number of esters is 2. The minimum atomic E-state index is -0.817. The number of carbonyl (C=O) groups excluding carboxylic acids is 3. The zero-order chi connectivity index (χ0) is 36.0. The van der Waals surface area contributed by atoms with Gasteiger partial charge < -0.3 is 14.6 Å². The molecule has 0 fully saturated rings. The van der Waals surface area contributed by atoms with Crippen LogP contribution in [-0.4, -0.2) is 42.1 Å². The Hall–Kier alpha value is -2.47. The molecule has 1 N–H and O–H groups in total. The highest BCUT2D eigenvalue weighted by Crippen LogP contribution is 2.15. The van der Waals surface area contributed by atoms with Crippen molar-refractivity contribution < 1.29 is 29.0 Å². The van der Waals surface area contributed by atoms with Crippen LogP contribution < -0.4 is 0 Å². The Kier molecular flexibility index (Phi) is 34.9. The van der Waals surface area contributed by atoms with Gasteiger partial charge in [-0.3, -0.25) is 14.4 Å². The standard InChI is InChI=1S/C43H74O6/c1-4-5-27-33-40(45)34-29-24-20-16-12-10-14-18-22-26-31-36-43(47)49-41(37-44)38-48-42(46)35-30-25-21-17-13-9-7-6-8-11-15-19-23-28-32-39(2)3/h10,12,18,20,22,24,29,34,39,41,44H,4-9,11,13-17,19,21,23,25-28,30-33,35-38H2,1-3H3/b12-10-,22-18-,24-20-,34-29+/t41-/m0/s1. The Morgan fingerprint density at radius 2 is 1.12 bits per heavy atom. The van der Waals surface area contributed by atoms with E-state index in [0.717, 1.165) is 63.7 Å². The Labute approximate surface area is 301 Å². The van der Waals surface area contributed by atoms with Gasteiger partial charge in [0.1, 0.15) is 6.61 Å². The highest BCUT2D eigenvalue weighted by molar-refractivity contribution is 5.89. The van der Waals surface area contributed by atoms with E-state index in [4.69, 9.17) is 9.47 Å². The summed E-state index contributed by atoms with van der Waals surface area (Å²) in [7, 11) is 0. The van der Waals surface area contributed by atoms with Crippen LogP contribution in [0.3, 0.4) is 0 Å². The second-order valence-electron chi connectivity index (χ2n) is 13.9. The van der Waals surface area contributed by atoms with Crippen LogP contribution in [0.15, 0.2) is 48.6 Å². The number of ether oxygens (including phenoxy) is 2. The molecule has 0 aromatic heterocycles. The lowest BCUT2D eigenvalue weighted by Gasteiger charge is -2.15. The van der Waals surface area contributed by atoms with Gasteiger partial charge in [0.2, 0.25) is 0 Å². The number of carbonyl (C=O) groups is 3. The van der Waals surface area contributed by atoms with E-state index in [1.165, 1.54) is 77.0 Å². The number of aliphatic hydroxyl groups excluding tert-OH is 1. The fourth-order valence-corrected chi connectivity index (χ4v) is 5.45. The van der Waals surface area contributed by atoms with Crippen LogP contribution in [0, 0.1) is 5.92 Å². The molecule has 49 heavy (non-hydrogen) atoms. The van der Waals surface area contributed by atoms with Gasteiger partial charge in [-0.25, -0.2) is 0 Å². The molecule has 0 aliphatic heterocycles. The summed E-state index contributed by atoms with van der Waals surface area (Å²) in [6, 6.07) is 0. The van der Waals surface area contributed by atoms with Crippen LogP contribution in [0.5, 0.6) is 0 Å². The molecule has 282 valence electrons. The van der Waals surface area contributed by atoms with Crippen molar-refractivity contribution in [3.8, 4) is 0 Å². The van der Waals surface area contributed by atoms with Crippen LogP contribution >= 0.6 is 0 Å². The van der Waals surface area contributed by atoms with Gasteiger partial charge >= 0.3 is 11.9 Å². The zero-order valence-electron chi connectivity index (χ0n) is 31.9. The lowest BCUT2D eigenvalue weighted by atomic mass is 10.0. The van der Waals surface area contributed by atoms with Gasteiger partial charge in [-0.05, 0) is 50.5 Å². The van der Waals surface area contributed by atoms with E-state index in [0.29, 0.717) is 19.3 Å². The fraction of sp³-hybridized carbons (Fsp3) is 0.744. The second-order valence-corrected chi connectivity index (χ2v) is 13.9. The van der Waals surface area contributed by atoms with Crippen molar-refractivity contribution >= 4 is 17.7 Å². The summed E-state index contributed by atoms with van der Waals surface area (Å²) >= 11 is 0. The van der Waals surface area contributed by atoms with Crippen molar-refractivity contribution in [3.05, 3.63) is 48.6 Å². The third-order valence-electron chi connectivity index (χ3n) is 8.53. The van der Waals surface area contributed by atoms with E-state index in [1.807, 2.05) is 24.3 Å². The first-order valence-electron chi connectivity index (χ1n) is 20.0. The predicted octanol–water partition coefficient (Wildman–Crippen LogP) is 11.7. The third-order valence-corrected chi connectivity index (χ3v) is 8.53. The molecule has 0 aliphatic carbocycles. The van der Waals surface area contributed by atoms with E-state index in [-0.39, 0.29) is 37.4 Å². The number of rotatable bonds is 35. The van der Waals surface area contributed by atoms with E-state index in [2.05, 4.69) is 39.0 Å². The summed E-state index contributed by atoms with van der Waals surface area (Å²) < 4.78 is 10.5. The number of hydrogen-bond acceptors (Lipinski definition) is 6. The predicted molar refractivity (Wildman–Crippen MR) is 205 cm³/mol. The molecule has 6 heteroatoms. The van der Waals surface area contributed by atoms with Crippen molar-refractivity contribution in [2.24, 2.45) is 5.92 Å². The summed E-state index contributed by atoms with van der Waals surface area (Å²) in [5, 5.41) is 9.54. The molecular formula is C43H74O6. The largest absolute Gasteiger partial charge is 0.462 e. The maximum absolute atomic E-state index is 12.1. The van der Waals surface area contributed by atoms with Crippen molar-refractivity contribution in [2.45, 2.75) is 187 Å². The summed E-state index contributed by atoms with van der Waals surface area (Å²) in [5.74, 6) is 0.341. The first-order chi connectivity index (χ1) is 23.9. The maximum atomic E-state index is 12.1. The molecule has 0 bridgehead atoms. The molecule has 0 spiro atoms. The summed E-state index contributed by atoms with van der Waals surface area (Å²) in [4.78, 5) is 35.9. The van der Waals surface area contributed by atoms with Crippen LogP contribution in [0.25, 0.3) is 0 Å². The van der Waals surface area contributed by atoms with Crippen molar-refractivity contribution in [2.75, 3.05) is 13.2 Å². The Morgan fingerprint density at radius 3 is 1.71 bits per heavy atom. The number of ketones is 1. The number of unbranched alkanes of at least 4 members (excludes halogenated alkanes) is 16. The Balaban J connectivity index is 3.69. The average molecular weight is 687 g/mol. The van der Waals surface area contributed by atoms with Crippen molar-refractivity contribution in [1.82, 2.24) is 0 Å². The van der Waals surface area contributed by atoms with E-state index < -0.39 is 6.10 Å². The summed E-state index contributed by atoms with van der Waals surface area (Å²) in [6.45, 7) is 6.28. The first-order valence-corrected chi connectivity index (χ1v) is 20.0. The molecule has 0 radical (unpaired) electrons. The fourth-order valence-electron chi connectivity index (χ4n) is 5.45. The third kappa shape index (κ3) is 36.6. The Morgan fingerprint density at radius 1 is 0.592 bits per heavy atom. The van der Waals surface area contributed by atoms with Gasteiger partial charge in [0.25, 0.3) is 0 Å². The summed E-state index contributed by atoms with van der Waals surface area (Å²) in [6.07, 6.45) is 41.6. The van der Waals surface area contributed by atoms with Crippen LogP contribution in [0.4, 0.5) is 0 Å². The molecule has 0 amide bonds. The van der Waals surface area contributed by atoms with E-state index in [9.17, 15) is 19.5 Å². The molecule has 6 nitrogen and oxygen atoms in total. The van der Waals surface area contributed by atoms with Crippen LogP contribution in [-0.2, 0) is 23.9 Å². The van der Waals surface area contributed by atoms with Gasteiger partial charge in [-0.1, -0.05) is 166 Å². The molecule has 0 unspecified atom stereocenters. The maximum Gasteiger partial charge on any atom is 0.306 e. The average Bonchev–Trinajstić information content (AvgIpc) is 3.08. The lowest BCUT2D eigenvalue weighted by Crippen LogP contribution is -2.28. The molecular weight excluding hydrogens is 612 g/mol. The van der Waals surface area contributed by atoms with Gasteiger partial charge in [0.05, 0.1) is 6.61 Å². The van der Waals surface area contributed by atoms with Gasteiger partial charge in [0, 0.05) is 19.3 Å². The molecule has 0 saturated heterocycles. The van der Waals surface area contributed by atoms with Crippen LogP contribution in [0.1, 0.15) is 181 Å². The Bertz CT molecular complexity index is 900. The normalized spacial score (nSPS) is 12.7. The SMILES string of the molecule is CCCCCC(=O)/C=C/C=C\C/C=C\C/C=C\CCCC(=O)O[C@@H](CO)COC(=O)CCCCCCCCCCCCCCCCC(C)C. The molecule has 0 aromatic rings.